The minimum atomic E-state index is 0.508. The maximum Gasteiger partial charge on any atom is 0.193 e. The van der Waals surface area contributed by atoms with Crippen LogP contribution in [0.1, 0.15) is 30.3 Å². The molecular weight excluding hydrogens is 304 g/mol. The fourth-order valence-electron chi connectivity index (χ4n) is 1.90. The Labute approximate surface area is 136 Å². The summed E-state index contributed by atoms with van der Waals surface area (Å²) in [6, 6.07) is 0. The van der Waals surface area contributed by atoms with Gasteiger partial charge in [-0.2, -0.15) is 10.2 Å². The van der Waals surface area contributed by atoms with Crippen molar-refractivity contribution < 1.29 is 0 Å². The van der Waals surface area contributed by atoms with Crippen molar-refractivity contribution in [3.05, 3.63) is 17.0 Å². The van der Waals surface area contributed by atoms with Crippen LogP contribution in [0.4, 0.5) is 0 Å². The highest BCUT2D eigenvalue weighted by molar-refractivity contribution is 7.80. The number of aryl methyl sites for hydroxylation is 1. The summed E-state index contributed by atoms with van der Waals surface area (Å²) in [5.41, 5.74) is 7.04. The standard InChI is InChI=1S/C13H22N6S2/c1-8(16-17-12(20)14-4)6-7-11-9(2)18-19(10(11)3)13(21)15-5/h6-7H2,1-5H3,(H,15,21)(H2,14,17,20). The molecule has 3 N–H and O–H groups in total. The third-order valence-electron chi connectivity index (χ3n) is 3.16. The quantitative estimate of drug-likeness (QED) is 0.440. The summed E-state index contributed by atoms with van der Waals surface area (Å²) >= 11 is 10.2. The second kappa shape index (κ2) is 8.04. The van der Waals surface area contributed by atoms with Gasteiger partial charge < -0.3 is 10.6 Å². The molecule has 0 radical (unpaired) electrons. The summed E-state index contributed by atoms with van der Waals surface area (Å²) in [5.74, 6) is 0. The van der Waals surface area contributed by atoms with E-state index in [-0.39, 0.29) is 0 Å². The van der Waals surface area contributed by atoms with Gasteiger partial charge in [0.2, 0.25) is 0 Å². The Morgan fingerprint density at radius 1 is 1.24 bits per heavy atom. The van der Waals surface area contributed by atoms with Gasteiger partial charge in [0, 0.05) is 25.5 Å². The van der Waals surface area contributed by atoms with Gasteiger partial charge in [-0.3, -0.25) is 5.43 Å². The van der Waals surface area contributed by atoms with Crippen LogP contribution in [0.15, 0.2) is 5.10 Å². The van der Waals surface area contributed by atoms with Crippen LogP contribution in [-0.2, 0) is 6.42 Å². The van der Waals surface area contributed by atoms with Crippen LogP contribution >= 0.6 is 24.4 Å². The molecule has 0 fully saturated rings. The predicted molar refractivity (Wildman–Crippen MR) is 95.0 cm³/mol. The summed E-state index contributed by atoms with van der Waals surface area (Å²) < 4.78 is 1.76. The number of hydrogen-bond acceptors (Lipinski definition) is 4. The van der Waals surface area contributed by atoms with E-state index >= 15 is 0 Å². The summed E-state index contributed by atoms with van der Waals surface area (Å²) in [6.07, 6.45) is 1.70. The molecule has 6 nitrogen and oxygen atoms in total. The zero-order valence-electron chi connectivity index (χ0n) is 13.1. The number of nitrogens with zero attached hydrogens (tertiary/aromatic N) is 3. The van der Waals surface area contributed by atoms with Crippen molar-refractivity contribution in [2.24, 2.45) is 5.10 Å². The lowest BCUT2D eigenvalue weighted by atomic mass is 10.1. The largest absolute Gasteiger partial charge is 0.364 e. The zero-order valence-corrected chi connectivity index (χ0v) is 14.7. The normalized spacial score (nSPS) is 11.2. The molecule has 116 valence electrons. The maximum atomic E-state index is 5.24. The molecule has 8 heteroatoms. The van der Waals surface area contributed by atoms with Crippen molar-refractivity contribution in [3.63, 3.8) is 0 Å². The predicted octanol–water partition coefficient (Wildman–Crippen LogP) is 1.25. The minimum absolute atomic E-state index is 0.508. The van der Waals surface area contributed by atoms with Crippen LogP contribution in [0.3, 0.4) is 0 Å². The third-order valence-corrected chi connectivity index (χ3v) is 3.83. The van der Waals surface area contributed by atoms with E-state index in [9.17, 15) is 0 Å². The summed E-state index contributed by atoms with van der Waals surface area (Å²) in [5, 5.41) is 15.6. The number of nitrogens with one attached hydrogen (secondary N) is 3. The van der Waals surface area contributed by atoms with E-state index in [4.69, 9.17) is 24.4 Å². The first kappa shape index (κ1) is 17.5. The van der Waals surface area contributed by atoms with E-state index in [1.165, 1.54) is 5.56 Å². The number of thiocarbonyl (C=S) groups is 2. The first-order valence-corrected chi connectivity index (χ1v) is 7.50. The average molecular weight is 326 g/mol. The van der Waals surface area contributed by atoms with E-state index in [0.717, 1.165) is 29.9 Å². The van der Waals surface area contributed by atoms with Gasteiger partial charge >= 0.3 is 0 Å². The number of rotatable bonds is 4. The molecule has 21 heavy (non-hydrogen) atoms. The van der Waals surface area contributed by atoms with E-state index < -0.39 is 0 Å². The average Bonchev–Trinajstić information content (AvgIpc) is 2.76. The minimum Gasteiger partial charge on any atom is -0.364 e. The Morgan fingerprint density at radius 3 is 2.48 bits per heavy atom. The highest BCUT2D eigenvalue weighted by Crippen LogP contribution is 2.15. The van der Waals surface area contributed by atoms with Gasteiger partial charge in [0.25, 0.3) is 0 Å². The molecule has 0 amide bonds. The Morgan fingerprint density at radius 2 is 1.90 bits per heavy atom. The molecule has 1 heterocycles. The van der Waals surface area contributed by atoms with Crippen molar-refractivity contribution in [1.29, 1.82) is 0 Å². The van der Waals surface area contributed by atoms with Gasteiger partial charge in [0.1, 0.15) is 0 Å². The smallest absolute Gasteiger partial charge is 0.193 e. The van der Waals surface area contributed by atoms with Crippen molar-refractivity contribution in [2.45, 2.75) is 33.6 Å². The molecule has 0 spiro atoms. The Bertz CT molecular complexity index is 561. The molecule has 0 aliphatic heterocycles. The lowest BCUT2D eigenvalue weighted by Gasteiger charge is -2.06. The first-order valence-electron chi connectivity index (χ1n) is 6.68. The highest BCUT2D eigenvalue weighted by Gasteiger charge is 2.13. The number of hydrogen-bond donors (Lipinski definition) is 3. The molecule has 0 aliphatic rings. The number of hydrazone groups is 1. The van der Waals surface area contributed by atoms with Crippen LogP contribution < -0.4 is 16.1 Å². The third kappa shape index (κ3) is 4.75. The molecule has 0 saturated heterocycles. The monoisotopic (exact) mass is 326 g/mol. The van der Waals surface area contributed by atoms with Gasteiger partial charge in [-0.25, -0.2) is 4.68 Å². The molecule has 0 aromatic carbocycles. The molecule has 1 aromatic rings. The van der Waals surface area contributed by atoms with Crippen LogP contribution in [-0.4, -0.2) is 39.8 Å². The molecule has 0 saturated carbocycles. The summed E-state index contributed by atoms with van der Waals surface area (Å²) in [6.45, 7) is 6.00. The highest BCUT2D eigenvalue weighted by atomic mass is 32.1. The van der Waals surface area contributed by atoms with E-state index in [1.807, 2.05) is 20.8 Å². The molecular formula is C13H22N6S2. The lowest BCUT2D eigenvalue weighted by molar-refractivity contribution is 0.857. The van der Waals surface area contributed by atoms with Gasteiger partial charge in [-0.1, -0.05) is 0 Å². The first-order chi connectivity index (χ1) is 9.90. The van der Waals surface area contributed by atoms with Crippen molar-refractivity contribution in [3.8, 4) is 0 Å². The fourth-order valence-corrected chi connectivity index (χ4v) is 2.13. The molecule has 0 atom stereocenters. The van der Waals surface area contributed by atoms with Crippen molar-refractivity contribution >= 4 is 40.4 Å². The Balaban J connectivity index is 2.74. The van der Waals surface area contributed by atoms with E-state index in [1.54, 1.807) is 18.8 Å². The lowest BCUT2D eigenvalue weighted by Crippen LogP contribution is -2.29. The molecule has 0 bridgehead atoms. The van der Waals surface area contributed by atoms with Crippen LogP contribution in [0.25, 0.3) is 0 Å². The Hall–Kier alpha value is -1.54. The van der Waals surface area contributed by atoms with Crippen molar-refractivity contribution in [1.82, 2.24) is 25.8 Å². The summed E-state index contributed by atoms with van der Waals surface area (Å²) in [4.78, 5) is 0. The second-order valence-corrected chi connectivity index (χ2v) is 5.45. The topological polar surface area (TPSA) is 66.3 Å². The maximum absolute atomic E-state index is 5.24. The van der Waals surface area contributed by atoms with E-state index in [0.29, 0.717) is 10.2 Å². The second-order valence-electron chi connectivity index (χ2n) is 4.65. The Kier molecular flexibility index (Phi) is 6.70. The zero-order chi connectivity index (χ0) is 16.0. The number of aromatic nitrogens is 2. The van der Waals surface area contributed by atoms with Gasteiger partial charge in [0.05, 0.1) is 5.69 Å². The van der Waals surface area contributed by atoms with Crippen LogP contribution in [0.2, 0.25) is 0 Å². The van der Waals surface area contributed by atoms with Crippen LogP contribution in [0.5, 0.6) is 0 Å². The molecule has 0 aliphatic carbocycles. The molecule has 0 unspecified atom stereocenters. The van der Waals surface area contributed by atoms with Gasteiger partial charge in [0.15, 0.2) is 10.2 Å². The molecule has 1 rings (SSSR count). The fraction of sp³-hybridized carbons (Fsp3) is 0.538. The van der Waals surface area contributed by atoms with Crippen molar-refractivity contribution in [2.75, 3.05) is 14.1 Å². The van der Waals surface area contributed by atoms with Gasteiger partial charge in [-0.15, -0.1) is 0 Å². The van der Waals surface area contributed by atoms with Gasteiger partial charge in [-0.05, 0) is 63.6 Å². The van der Waals surface area contributed by atoms with Crippen LogP contribution in [0, 0.1) is 13.8 Å². The SMILES string of the molecule is CNC(=S)NN=C(C)CCc1c(C)nn(C(=S)NC)c1C. The molecule has 1 aromatic heterocycles. The van der Waals surface area contributed by atoms with E-state index in [2.05, 4.69) is 26.3 Å². The summed E-state index contributed by atoms with van der Waals surface area (Å²) in [7, 11) is 3.55.